The molecule has 17 fully saturated rings. The summed E-state index contributed by atoms with van der Waals surface area (Å²) in [4.78, 5) is 107. The van der Waals surface area contributed by atoms with Crippen molar-refractivity contribution in [3.05, 3.63) is 0 Å². The van der Waals surface area contributed by atoms with E-state index < -0.39 is 50.5 Å². The van der Waals surface area contributed by atoms with Crippen LogP contribution in [0.2, 0.25) is 0 Å². The van der Waals surface area contributed by atoms with Gasteiger partial charge < -0.3 is 52.8 Å². The van der Waals surface area contributed by atoms with Crippen molar-refractivity contribution in [1.82, 2.24) is 0 Å². The third-order valence-electron chi connectivity index (χ3n) is 33.8. The molecule has 121 heavy (non-hydrogen) atoms. The van der Waals surface area contributed by atoms with Gasteiger partial charge in [0.1, 0.15) is 34.1 Å². The normalized spacial score (nSPS) is 34.4. The first-order valence-electron chi connectivity index (χ1n) is 48.2. The SMILES string of the molecule is CCC(C)(C)C(=O)OC1(C(C)C)CCCC1.CCC(C)(C)C(=O)OC1(C(C)C)CCCC1.CCC(C)(C)C(=O)OC1(C)CC(=O)OC1C.CCC(C)(C)C(=O)OC1(CC)CC2CC1C1C3CC(C3)C21.CCC(C)(C)C(=O)OC12CC3CC(CC(O)(C3)C1)C2.CCC(C)(C)C(=O)OC12CC3CC(CC(O)(C3)C1)C2.CCC(C)(C)C(=O)OC1CCOC1=O. The summed E-state index contributed by atoms with van der Waals surface area (Å²) >= 11 is 0. The van der Waals surface area contributed by atoms with Crippen LogP contribution in [0.1, 0.15) is 412 Å². The van der Waals surface area contributed by atoms with Crippen molar-refractivity contribution in [2.45, 2.75) is 469 Å². The predicted molar refractivity (Wildman–Crippen MR) is 468 cm³/mol. The van der Waals surface area contributed by atoms with Gasteiger partial charge in [-0.25, -0.2) is 4.79 Å². The second-order valence-corrected chi connectivity index (χ2v) is 46.4. The number of hydrogen-bond donors (Lipinski definition) is 2. The zero-order valence-corrected chi connectivity index (χ0v) is 81.1. The zero-order valence-electron chi connectivity index (χ0n) is 81.1. The molecule has 17 aliphatic rings. The fourth-order valence-electron chi connectivity index (χ4n) is 22.7. The Labute approximate surface area is 730 Å². The Morgan fingerprint density at radius 1 is 0.421 bits per heavy atom. The van der Waals surface area contributed by atoms with Crippen LogP contribution in [0.5, 0.6) is 0 Å². The van der Waals surface area contributed by atoms with Crippen molar-refractivity contribution < 1.29 is 96.0 Å². The molecule has 20 heteroatoms. The molecule has 694 valence electrons. The van der Waals surface area contributed by atoms with Gasteiger partial charge >= 0.3 is 53.7 Å². The quantitative estimate of drug-likeness (QED) is 0.0671. The molecule has 20 nitrogen and oxygen atoms in total. The molecule has 15 saturated carbocycles. The number of hydrogen-bond acceptors (Lipinski definition) is 20. The van der Waals surface area contributed by atoms with E-state index >= 15 is 0 Å². The molecule has 12 unspecified atom stereocenters. The summed E-state index contributed by atoms with van der Waals surface area (Å²) in [7, 11) is 0. The van der Waals surface area contributed by atoms with E-state index in [-0.39, 0.29) is 105 Å². The van der Waals surface area contributed by atoms with Crippen LogP contribution < -0.4 is 0 Å². The highest BCUT2D eigenvalue weighted by Gasteiger charge is 2.71. The Balaban J connectivity index is 0.000000176. The van der Waals surface area contributed by atoms with Crippen LogP contribution in [0.15, 0.2) is 0 Å². The number of rotatable bonds is 24. The fourth-order valence-corrected chi connectivity index (χ4v) is 22.7. The van der Waals surface area contributed by atoms with Gasteiger partial charge in [-0.15, -0.1) is 0 Å². The summed E-state index contributed by atoms with van der Waals surface area (Å²) in [6.07, 6.45) is 31.8. The number of cyclic esters (lactones) is 2. The second kappa shape index (κ2) is 38.2. The standard InChI is InChI=1S/C19H30O2.2C16H26O3.2C14H26O2.C12H20O4.C10H16O4/c1-5-18(3,4)17(20)21-19(6-2)10-13-9-14(19)16-12-7-11(8-12)15(13)16;2*1-4-14(2,3)13(17)19-16-8-11-5-12(9-16)7-15(18,6-11)10-16;2*1-6-13(4,5)12(15)16-14(11(2)3)9-7-8-10-14;1-6-11(3,4)10(14)16-12(5)7-9(13)15-8(12)2;1-4-10(2,3)9(12)14-7-5-6-13-8(7)11/h11-16H,5-10H2,1-4H3;2*11-12,18H,4-10H2,1-3H3;2*11H,6-10H2,1-5H3;8H,6-7H2,1-5H3;7H,4-6H2,1-3H3. The largest absolute Gasteiger partial charge is 0.463 e. The molecule has 2 heterocycles. The van der Waals surface area contributed by atoms with Crippen LogP contribution in [0.3, 0.4) is 0 Å². The van der Waals surface area contributed by atoms with E-state index in [2.05, 4.69) is 41.5 Å². The van der Waals surface area contributed by atoms with E-state index in [1.165, 1.54) is 57.8 Å². The molecule has 15 aliphatic carbocycles. The second-order valence-electron chi connectivity index (χ2n) is 46.4. The average molecular weight is 1700 g/mol. The van der Waals surface area contributed by atoms with Gasteiger partial charge in [0.15, 0.2) is 5.60 Å². The molecule has 0 aromatic heterocycles. The Morgan fingerprint density at radius 3 is 1.06 bits per heavy atom. The minimum absolute atomic E-state index is 0.0226. The molecular formula is C101H170O20. The van der Waals surface area contributed by atoms with Crippen molar-refractivity contribution in [2.24, 2.45) is 109 Å². The molecule has 2 N–H and O–H groups in total. The van der Waals surface area contributed by atoms with E-state index in [0.29, 0.717) is 80.1 Å². The topological polar surface area (TPSA) is 277 Å². The van der Waals surface area contributed by atoms with Crippen LogP contribution in [0.4, 0.5) is 0 Å². The predicted octanol–water partition coefficient (Wildman–Crippen LogP) is 21.7. The highest BCUT2D eigenvalue weighted by Crippen LogP contribution is 2.74. The van der Waals surface area contributed by atoms with Crippen molar-refractivity contribution in [2.75, 3.05) is 6.61 Å². The third-order valence-corrected chi connectivity index (χ3v) is 33.8. The van der Waals surface area contributed by atoms with Gasteiger partial charge in [-0.05, 0) is 369 Å². The van der Waals surface area contributed by atoms with Gasteiger partial charge in [-0.3, -0.25) is 38.4 Å². The van der Waals surface area contributed by atoms with Gasteiger partial charge in [0, 0.05) is 25.2 Å². The van der Waals surface area contributed by atoms with Gasteiger partial charge in [0.2, 0.25) is 6.10 Å². The summed E-state index contributed by atoms with van der Waals surface area (Å²) in [6.45, 7) is 55.8. The number of carbonyl (C=O) groups excluding carboxylic acids is 9. The Bertz CT molecular complexity index is 3430. The Hall–Kier alpha value is -4.85. The average Bonchev–Trinajstić information content (AvgIpc) is 1.53. The number of aliphatic hydroxyl groups is 2. The van der Waals surface area contributed by atoms with Crippen LogP contribution in [0.25, 0.3) is 0 Å². The maximum absolute atomic E-state index is 12.7. The van der Waals surface area contributed by atoms with Crippen LogP contribution in [0, 0.1) is 109 Å². The lowest BCUT2D eigenvalue weighted by molar-refractivity contribution is -0.226. The molecule has 0 amide bonds. The van der Waals surface area contributed by atoms with E-state index in [9.17, 15) is 53.4 Å². The number of esters is 9. The van der Waals surface area contributed by atoms with Crippen LogP contribution >= 0.6 is 0 Å². The summed E-state index contributed by atoms with van der Waals surface area (Å²) in [5, 5.41) is 21.3. The number of ether oxygens (including phenoxy) is 9. The molecule has 2 aliphatic heterocycles. The van der Waals surface area contributed by atoms with Gasteiger partial charge in [-0.2, -0.15) is 0 Å². The first-order chi connectivity index (χ1) is 55.8. The fraction of sp³-hybridized carbons (Fsp3) is 0.911. The van der Waals surface area contributed by atoms with Gasteiger partial charge in [0.05, 0.1) is 62.1 Å². The van der Waals surface area contributed by atoms with Crippen molar-refractivity contribution in [3.8, 4) is 0 Å². The first kappa shape index (κ1) is 102. The van der Waals surface area contributed by atoms with Crippen LogP contribution in [-0.4, -0.2) is 128 Å². The third kappa shape index (κ3) is 23.0. The zero-order chi connectivity index (χ0) is 90.9. The molecule has 0 spiro atoms. The van der Waals surface area contributed by atoms with Crippen molar-refractivity contribution >= 4 is 53.7 Å². The van der Waals surface area contributed by atoms with Crippen molar-refractivity contribution in [3.63, 3.8) is 0 Å². The molecule has 2 saturated heterocycles. The smallest absolute Gasteiger partial charge is 0.347 e. The monoisotopic (exact) mass is 1700 g/mol. The molecule has 12 bridgehead atoms. The summed E-state index contributed by atoms with van der Waals surface area (Å²) in [6, 6.07) is 0. The molecule has 0 aromatic rings. The van der Waals surface area contributed by atoms with Gasteiger partial charge in [-0.1, -0.05) is 83.1 Å². The number of carbonyl (C=O) groups is 9. The highest BCUT2D eigenvalue weighted by atomic mass is 16.6. The van der Waals surface area contributed by atoms with E-state index in [1.807, 2.05) is 125 Å². The summed E-state index contributed by atoms with van der Waals surface area (Å²) in [5.41, 5.74) is -6.00. The summed E-state index contributed by atoms with van der Waals surface area (Å²) < 4.78 is 50.2. The summed E-state index contributed by atoms with van der Waals surface area (Å²) in [5.74, 6) is 7.00. The van der Waals surface area contributed by atoms with E-state index in [4.69, 9.17) is 42.6 Å². The highest BCUT2D eigenvalue weighted by molar-refractivity contribution is 5.83. The molecule has 17 rings (SSSR count). The van der Waals surface area contributed by atoms with E-state index in [0.717, 1.165) is 152 Å². The Morgan fingerprint density at radius 2 is 0.752 bits per heavy atom. The molecule has 12 atom stereocenters. The minimum atomic E-state index is -0.819. The lowest BCUT2D eigenvalue weighted by atomic mass is 9.52. The lowest BCUT2D eigenvalue weighted by Gasteiger charge is -2.59. The molecule has 0 radical (unpaired) electrons. The van der Waals surface area contributed by atoms with Crippen molar-refractivity contribution in [1.29, 1.82) is 0 Å². The number of fused-ring (bicyclic) bond motifs is 2. The Kier molecular flexibility index (Phi) is 32.1. The lowest BCUT2D eigenvalue weighted by Crippen LogP contribution is -2.61. The molecular weight excluding hydrogens is 1530 g/mol. The maximum Gasteiger partial charge on any atom is 0.347 e. The molecule has 0 aromatic carbocycles. The van der Waals surface area contributed by atoms with Gasteiger partial charge in [0.25, 0.3) is 0 Å². The minimum Gasteiger partial charge on any atom is -0.463 e. The van der Waals surface area contributed by atoms with E-state index in [1.54, 1.807) is 27.7 Å². The first-order valence-corrected chi connectivity index (χ1v) is 48.2. The van der Waals surface area contributed by atoms with Crippen LogP contribution in [-0.2, 0) is 85.8 Å². The maximum atomic E-state index is 12.7.